The van der Waals surface area contributed by atoms with E-state index in [9.17, 15) is 9.59 Å². The highest BCUT2D eigenvalue weighted by molar-refractivity contribution is 7.99. The van der Waals surface area contributed by atoms with Gasteiger partial charge in [0.05, 0.1) is 23.9 Å². The lowest BCUT2D eigenvalue weighted by Gasteiger charge is -2.13. The van der Waals surface area contributed by atoms with Crippen LogP contribution in [0.25, 0.3) is 5.69 Å². The van der Waals surface area contributed by atoms with Gasteiger partial charge in [0.1, 0.15) is 5.75 Å². The average Bonchev–Trinajstić information content (AvgIpc) is 3.30. The zero-order chi connectivity index (χ0) is 19.5. The van der Waals surface area contributed by atoms with E-state index in [0.717, 1.165) is 11.4 Å². The van der Waals surface area contributed by atoms with E-state index >= 15 is 0 Å². The van der Waals surface area contributed by atoms with Gasteiger partial charge in [-0.05, 0) is 53.2 Å². The van der Waals surface area contributed by atoms with Crippen LogP contribution in [-0.4, -0.2) is 56.3 Å². The summed E-state index contributed by atoms with van der Waals surface area (Å²) in [7, 11) is 1.61. The molecule has 0 fully saturated rings. The summed E-state index contributed by atoms with van der Waals surface area (Å²) in [5.74, 6) is 0.971. The third-order valence-electron chi connectivity index (χ3n) is 4.39. The van der Waals surface area contributed by atoms with Crippen LogP contribution in [0.3, 0.4) is 0 Å². The molecule has 1 aliphatic rings. The number of thioether (sulfide) groups is 1. The van der Waals surface area contributed by atoms with Crippen LogP contribution in [0.15, 0.2) is 53.7 Å². The number of fused-ring (bicyclic) bond motifs is 1. The number of benzene rings is 2. The maximum atomic E-state index is 12.4. The monoisotopic (exact) mass is 395 g/mol. The first-order valence-electron chi connectivity index (χ1n) is 8.70. The molecule has 0 atom stereocenters. The van der Waals surface area contributed by atoms with Gasteiger partial charge in [0.2, 0.25) is 5.16 Å². The van der Waals surface area contributed by atoms with Crippen LogP contribution in [0.5, 0.6) is 5.75 Å². The molecular formula is C19H17N5O3S. The molecule has 2 aromatic carbocycles. The van der Waals surface area contributed by atoms with E-state index in [1.807, 2.05) is 24.3 Å². The molecule has 9 heteroatoms. The van der Waals surface area contributed by atoms with Crippen LogP contribution >= 0.6 is 11.8 Å². The maximum Gasteiger partial charge on any atom is 0.261 e. The van der Waals surface area contributed by atoms with E-state index in [1.54, 1.807) is 36.1 Å². The van der Waals surface area contributed by atoms with Crippen molar-refractivity contribution in [3.05, 3.63) is 59.7 Å². The molecule has 0 bridgehead atoms. The molecule has 8 nitrogen and oxygen atoms in total. The van der Waals surface area contributed by atoms with Crippen LogP contribution in [0.2, 0.25) is 0 Å². The molecule has 0 unspecified atom stereocenters. The first kappa shape index (κ1) is 18.2. The van der Waals surface area contributed by atoms with Crippen LogP contribution in [0, 0.1) is 0 Å². The summed E-state index contributed by atoms with van der Waals surface area (Å²) in [6, 6.07) is 14.3. The quantitative estimate of drug-likeness (QED) is 0.345. The topological polar surface area (TPSA) is 90.2 Å². The highest BCUT2D eigenvalue weighted by Gasteiger charge is 2.34. The number of imide groups is 1. The number of methoxy groups -OCH3 is 1. The lowest BCUT2D eigenvalue weighted by Crippen LogP contribution is -2.31. The second-order valence-electron chi connectivity index (χ2n) is 6.08. The van der Waals surface area contributed by atoms with Gasteiger partial charge in [0, 0.05) is 12.3 Å². The second-order valence-corrected chi connectivity index (χ2v) is 7.14. The molecule has 142 valence electrons. The molecule has 0 spiro atoms. The molecule has 0 saturated carbocycles. The summed E-state index contributed by atoms with van der Waals surface area (Å²) in [6.07, 6.45) is 0.644. The predicted molar refractivity (Wildman–Crippen MR) is 103 cm³/mol. The van der Waals surface area contributed by atoms with Gasteiger partial charge in [0.15, 0.2) is 0 Å². The Morgan fingerprint density at radius 1 is 1.00 bits per heavy atom. The predicted octanol–water partition coefficient (Wildman–Crippen LogP) is 2.45. The number of ether oxygens (including phenoxy) is 1. The first-order valence-corrected chi connectivity index (χ1v) is 9.68. The standard InChI is InChI=1S/C19H17N5O3S/c1-27-14-9-7-13(8-10-14)24-19(20-21-22-24)28-12-4-11-23-17(25)15-5-2-3-6-16(15)18(23)26/h2-3,5-10H,4,11-12H2,1H3. The van der Waals surface area contributed by atoms with Crippen molar-refractivity contribution in [3.63, 3.8) is 0 Å². The fourth-order valence-corrected chi connectivity index (χ4v) is 3.80. The van der Waals surface area contributed by atoms with Crippen molar-refractivity contribution in [2.24, 2.45) is 0 Å². The highest BCUT2D eigenvalue weighted by atomic mass is 32.2. The lowest BCUT2D eigenvalue weighted by atomic mass is 10.1. The van der Waals surface area contributed by atoms with Crippen molar-refractivity contribution in [3.8, 4) is 11.4 Å². The van der Waals surface area contributed by atoms with E-state index in [4.69, 9.17) is 4.74 Å². The summed E-state index contributed by atoms with van der Waals surface area (Å²) in [5, 5.41) is 12.5. The molecule has 2 amide bonds. The van der Waals surface area contributed by atoms with Crippen molar-refractivity contribution < 1.29 is 14.3 Å². The van der Waals surface area contributed by atoms with Crippen LogP contribution in [-0.2, 0) is 0 Å². The Hall–Kier alpha value is -3.20. The number of tetrazole rings is 1. The normalized spacial score (nSPS) is 13.1. The molecule has 4 rings (SSSR count). The van der Waals surface area contributed by atoms with E-state index in [0.29, 0.717) is 35.0 Å². The van der Waals surface area contributed by atoms with Gasteiger partial charge in [0.25, 0.3) is 11.8 Å². The zero-order valence-electron chi connectivity index (χ0n) is 15.1. The molecule has 1 aliphatic heterocycles. The van der Waals surface area contributed by atoms with Crippen LogP contribution in [0.4, 0.5) is 0 Å². The Balaban J connectivity index is 1.35. The Morgan fingerprint density at radius 2 is 1.68 bits per heavy atom. The zero-order valence-corrected chi connectivity index (χ0v) is 15.9. The lowest BCUT2D eigenvalue weighted by molar-refractivity contribution is 0.0655. The molecule has 1 aromatic heterocycles. The van der Waals surface area contributed by atoms with Gasteiger partial charge in [-0.3, -0.25) is 14.5 Å². The number of carbonyl (C=O) groups is 2. The number of hydrogen-bond donors (Lipinski definition) is 0. The van der Waals surface area contributed by atoms with Gasteiger partial charge in [-0.25, -0.2) is 0 Å². The minimum Gasteiger partial charge on any atom is -0.497 e. The number of rotatable bonds is 7. The van der Waals surface area contributed by atoms with E-state index in [1.165, 1.54) is 16.7 Å². The Labute approximate surface area is 165 Å². The minimum atomic E-state index is -0.228. The number of nitrogens with zero attached hydrogens (tertiary/aromatic N) is 5. The van der Waals surface area contributed by atoms with Crippen molar-refractivity contribution in [1.29, 1.82) is 0 Å². The van der Waals surface area contributed by atoms with Gasteiger partial charge in [-0.1, -0.05) is 23.9 Å². The molecule has 0 aliphatic carbocycles. The van der Waals surface area contributed by atoms with Gasteiger partial charge in [-0.2, -0.15) is 4.68 Å². The smallest absolute Gasteiger partial charge is 0.261 e. The Bertz CT molecular complexity index is 983. The molecular weight excluding hydrogens is 378 g/mol. The number of amides is 2. The van der Waals surface area contributed by atoms with Crippen molar-refractivity contribution in [2.45, 2.75) is 11.6 Å². The molecule has 2 heterocycles. The Morgan fingerprint density at radius 3 is 2.32 bits per heavy atom. The number of aromatic nitrogens is 4. The summed E-state index contributed by atoms with van der Waals surface area (Å²) in [4.78, 5) is 26.0. The molecule has 0 saturated heterocycles. The fraction of sp³-hybridized carbons (Fsp3) is 0.211. The Kier molecular flexibility index (Phi) is 5.07. The largest absolute Gasteiger partial charge is 0.497 e. The number of carbonyl (C=O) groups excluding carboxylic acids is 2. The first-order chi connectivity index (χ1) is 13.7. The van der Waals surface area contributed by atoms with Crippen molar-refractivity contribution >= 4 is 23.6 Å². The molecule has 0 N–H and O–H groups in total. The van der Waals surface area contributed by atoms with Crippen LogP contribution < -0.4 is 4.74 Å². The molecule has 28 heavy (non-hydrogen) atoms. The number of hydrogen-bond acceptors (Lipinski definition) is 7. The van der Waals surface area contributed by atoms with E-state index in [-0.39, 0.29) is 11.8 Å². The third-order valence-corrected chi connectivity index (χ3v) is 5.40. The fourth-order valence-electron chi connectivity index (χ4n) is 2.98. The highest BCUT2D eigenvalue weighted by Crippen LogP contribution is 2.24. The average molecular weight is 395 g/mol. The maximum absolute atomic E-state index is 12.4. The van der Waals surface area contributed by atoms with Gasteiger partial charge in [-0.15, -0.1) is 5.10 Å². The summed E-state index contributed by atoms with van der Waals surface area (Å²) < 4.78 is 6.80. The van der Waals surface area contributed by atoms with Crippen molar-refractivity contribution in [1.82, 2.24) is 25.1 Å². The second kappa shape index (κ2) is 7.81. The van der Waals surface area contributed by atoms with Crippen LogP contribution in [0.1, 0.15) is 27.1 Å². The van der Waals surface area contributed by atoms with Gasteiger partial charge >= 0.3 is 0 Å². The summed E-state index contributed by atoms with van der Waals surface area (Å²) in [6.45, 7) is 0.365. The SMILES string of the molecule is COc1ccc(-n2nnnc2SCCCN2C(=O)c3ccccc3C2=O)cc1. The summed E-state index contributed by atoms with van der Waals surface area (Å²) in [5.41, 5.74) is 1.78. The van der Waals surface area contributed by atoms with E-state index in [2.05, 4.69) is 15.5 Å². The van der Waals surface area contributed by atoms with Crippen molar-refractivity contribution in [2.75, 3.05) is 19.4 Å². The summed E-state index contributed by atoms with van der Waals surface area (Å²) >= 11 is 1.47. The van der Waals surface area contributed by atoms with E-state index < -0.39 is 0 Å². The third kappa shape index (κ3) is 3.36. The minimum absolute atomic E-state index is 0.228. The molecule has 0 radical (unpaired) electrons. The van der Waals surface area contributed by atoms with Gasteiger partial charge < -0.3 is 4.74 Å². The molecule has 3 aromatic rings.